The minimum absolute atomic E-state index is 0.362. The first-order chi connectivity index (χ1) is 34.0. The van der Waals surface area contributed by atoms with E-state index in [0.29, 0.717) is 19.3 Å². The summed E-state index contributed by atoms with van der Waals surface area (Å²) in [7, 11) is 0. The Morgan fingerprint density at radius 3 is 0.913 bits per heavy atom. The maximum absolute atomic E-state index is 12.6. The van der Waals surface area contributed by atoms with Gasteiger partial charge in [-0.1, -0.05) is 288 Å². The number of unbranched alkanes of at least 4 members (excludes halogenated alkanes) is 42. The Morgan fingerprint density at radius 1 is 0.348 bits per heavy atom. The minimum atomic E-state index is -1.29. The summed E-state index contributed by atoms with van der Waals surface area (Å²) in [4.78, 5) is 12.6. The molecule has 0 aliphatic rings. The fourth-order valence-electron chi connectivity index (χ4n) is 9.71. The number of amides is 1. The van der Waals surface area contributed by atoms with Gasteiger partial charge in [0.2, 0.25) is 5.91 Å². The molecule has 4 unspecified atom stereocenters. The number of hydrogen-bond acceptors (Lipinski definition) is 5. The molecule has 0 aromatic heterocycles. The van der Waals surface area contributed by atoms with Gasteiger partial charge in [-0.05, 0) is 77.0 Å². The normalized spacial score (nSPS) is 13.9. The van der Waals surface area contributed by atoms with E-state index in [1.807, 2.05) is 0 Å². The molecule has 6 nitrogen and oxygen atoms in total. The van der Waals surface area contributed by atoms with Crippen LogP contribution in [0.25, 0.3) is 0 Å². The second kappa shape index (κ2) is 57.4. The van der Waals surface area contributed by atoms with E-state index in [4.69, 9.17) is 0 Å². The van der Waals surface area contributed by atoms with Crippen LogP contribution in [0.1, 0.15) is 328 Å². The van der Waals surface area contributed by atoms with Crippen molar-refractivity contribution in [3.05, 3.63) is 36.5 Å². The van der Waals surface area contributed by atoms with E-state index in [1.165, 1.54) is 257 Å². The highest BCUT2D eigenvalue weighted by molar-refractivity contribution is 5.80. The zero-order valence-corrected chi connectivity index (χ0v) is 46.3. The Kier molecular flexibility index (Phi) is 56.2. The zero-order valence-electron chi connectivity index (χ0n) is 46.3. The molecular weight excluding hydrogens is 851 g/mol. The molecule has 0 radical (unpaired) electrons. The predicted octanol–water partition coefficient (Wildman–Crippen LogP) is 18.4. The van der Waals surface area contributed by atoms with E-state index >= 15 is 0 Å². The van der Waals surface area contributed by atoms with Crippen molar-refractivity contribution >= 4 is 5.91 Å². The number of aliphatic hydroxyl groups excluding tert-OH is 4. The number of aliphatic hydroxyl groups is 4. The van der Waals surface area contributed by atoms with Crippen LogP contribution in [0.5, 0.6) is 0 Å². The lowest BCUT2D eigenvalue weighted by molar-refractivity contribution is -0.132. The summed E-state index contributed by atoms with van der Waals surface area (Å²) in [6.07, 6.45) is 72.4. The fourth-order valence-corrected chi connectivity index (χ4v) is 9.71. The Balaban J connectivity index is 3.63. The molecule has 0 heterocycles. The maximum atomic E-state index is 12.6. The zero-order chi connectivity index (χ0) is 50.2. The van der Waals surface area contributed by atoms with Gasteiger partial charge in [0.05, 0.1) is 18.8 Å². The lowest BCUT2D eigenvalue weighted by Crippen LogP contribution is -2.53. The Morgan fingerprint density at radius 2 is 0.609 bits per heavy atom. The molecule has 5 N–H and O–H groups in total. The van der Waals surface area contributed by atoms with Gasteiger partial charge in [0, 0.05) is 0 Å². The fraction of sp³-hybridized carbons (Fsp3) is 0.889. The second-order valence-corrected chi connectivity index (χ2v) is 21.4. The summed E-state index contributed by atoms with van der Waals surface area (Å²) in [5.41, 5.74) is 0. The minimum Gasteiger partial charge on any atom is -0.394 e. The molecule has 4 atom stereocenters. The van der Waals surface area contributed by atoms with Crippen molar-refractivity contribution < 1.29 is 25.2 Å². The van der Waals surface area contributed by atoms with Crippen molar-refractivity contribution in [3.63, 3.8) is 0 Å². The van der Waals surface area contributed by atoms with Gasteiger partial charge in [0.25, 0.3) is 0 Å². The SMILES string of the molecule is CCCCCCCCCCCCCC/C=C\CCCCCCCCCCCCCCCCC(O)C(=O)NC(CO)C(O)C(O)CCC/C=C/CC/C=C/CCCCCCCCCCCCCCCC. The molecule has 0 saturated carbocycles. The molecule has 0 spiro atoms. The monoisotopic (exact) mass is 972 g/mol. The van der Waals surface area contributed by atoms with E-state index in [1.54, 1.807) is 0 Å². The number of rotatable bonds is 57. The van der Waals surface area contributed by atoms with Gasteiger partial charge in [0.15, 0.2) is 0 Å². The molecule has 0 fully saturated rings. The Labute approximate surface area is 430 Å². The number of carbonyl (C=O) groups is 1. The first kappa shape index (κ1) is 67.5. The third-order valence-corrected chi connectivity index (χ3v) is 14.6. The smallest absolute Gasteiger partial charge is 0.249 e. The van der Waals surface area contributed by atoms with E-state index < -0.39 is 36.9 Å². The van der Waals surface area contributed by atoms with Crippen LogP contribution in [0.15, 0.2) is 36.5 Å². The van der Waals surface area contributed by atoms with Crippen molar-refractivity contribution in [2.24, 2.45) is 0 Å². The number of carbonyl (C=O) groups excluding carboxylic acids is 1. The highest BCUT2D eigenvalue weighted by Crippen LogP contribution is 2.18. The average Bonchev–Trinajstić information content (AvgIpc) is 3.35. The highest BCUT2D eigenvalue weighted by Gasteiger charge is 2.28. The standard InChI is InChI=1S/C63H121NO5/c1-3-5-7-9-11-13-15-17-19-21-23-25-27-28-29-30-31-32-33-35-37-39-41-43-45-47-49-51-53-55-57-61(67)63(69)64-59(58-65)62(68)60(66)56-54-52-50-48-46-44-42-40-38-36-34-26-24-22-20-18-16-14-12-10-8-6-4-2/h28-29,40,42,48,50,59-62,65-68H,3-27,30-39,41,43-47,49,51-58H2,1-2H3,(H,64,69)/b29-28-,42-40+,50-48+. The van der Waals surface area contributed by atoms with Crippen LogP contribution >= 0.6 is 0 Å². The summed E-state index contributed by atoms with van der Waals surface area (Å²) in [5.74, 6) is -0.593. The van der Waals surface area contributed by atoms with Crippen molar-refractivity contribution in [1.29, 1.82) is 0 Å². The van der Waals surface area contributed by atoms with Crippen molar-refractivity contribution in [2.75, 3.05) is 6.61 Å². The van der Waals surface area contributed by atoms with Gasteiger partial charge in [-0.15, -0.1) is 0 Å². The van der Waals surface area contributed by atoms with Gasteiger partial charge in [0.1, 0.15) is 12.2 Å². The molecule has 0 aliphatic heterocycles. The van der Waals surface area contributed by atoms with Crippen molar-refractivity contribution in [1.82, 2.24) is 5.32 Å². The lowest BCUT2D eigenvalue weighted by Gasteiger charge is -2.27. The third kappa shape index (κ3) is 51.2. The molecule has 0 rings (SSSR count). The molecule has 0 aliphatic carbocycles. The summed E-state index contributed by atoms with van der Waals surface area (Å²) in [6, 6.07) is -1.01. The summed E-state index contributed by atoms with van der Waals surface area (Å²) >= 11 is 0. The van der Waals surface area contributed by atoms with Crippen LogP contribution in [0.4, 0.5) is 0 Å². The van der Waals surface area contributed by atoms with Crippen LogP contribution in [-0.2, 0) is 4.79 Å². The average molecular weight is 973 g/mol. The molecule has 6 heteroatoms. The van der Waals surface area contributed by atoms with E-state index in [2.05, 4.69) is 55.6 Å². The number of hydrogen-bond donors (Lipinski definition) is 5. The van der Waals surface area contributed by atoms with Gasteiger partial charge < -0.3 is 25.7 Å². The van der Waals surface area contributed by atoms with Crippen molar-refractivity contribution in [2.45, 2.75) is 353 Å². The van der Waals surface area contributed by atoms with Crippen LogP contribution < -0.4 is 5.32 Å². The molecule has 0 aromatic rings. The molecule has 69 heavy (non-hydrogen) atoms. The lowest BCUT2D eigenvalue weighted by atomic mass is 10.00. The van der Waals surface area contributed by atoms with Crippen LogP contribution in [0, 0.1) is 0 Å². The topological polar surface area (TPSA) is 110 Å². The third-order valence-electron chi connectivity index (χ3n) is 14.6. The largest absolute Gasteiger partial charge is 0.394 e. The van der Waals surface area contributed by atoms with Crippen LogP contribution in [0.2, 0.25) is 0 Å². The Bertz CT molecular complexity index is 1090. The Hall–Kier alpha value is -1.47. The quantitative estimate of drug-likeness (QED) is 0.0308. The maximum Gasteiger partial charge on any atom is 0.249 e. The van der Waals surface area contributed by atoms with Gasteiger partial charge in [-0.25, -0.2) is 0 Å². The summed E-state index contributed by atoms with van der Waals surface area (Å²) in [5, 5.41) is 44.0. The predicted molar refractivity (Wildman–Crippen MR) is 302 cm³/mol. The van der Waals surface area contributed by atoms with Gasteiger partial charge in [-0.2, -0.15) is 0 Å². The molecule has 0 saturated heterocycles. The number of nitrogens with one attached hydrogen (secondary N) is 1. The second-order valence-electron chi connectivity index (χ2n) is 21.4. The molecular formula is C63H121NO5. The van der Waals surface area contributed by atoms with E-state index in [-0.39, 0.29) is 0 Å². The van der Waals surface area contributed by atoms with Crippen LogP contribution in [0.3, 0.4) is 0 Å². The van der Waals surface area contributed by atoms with E-state index in [0.717, 1.165) is 38.5 Å². The number of allylic oxidation sites excluding steroid dienone is 6. The summed E-state index contributed by atoms with van der Waals surface area (Å²) < 4.78 is 0. The van der Waals surface area contributed by atoms with Gasteiger partial charge >= 0.3 is 0 Å². The molecule has 0 bridgehead atoms. The highest BCUT2D eigenvalue weighted by atomic mass is 16.3. The molecule has 0 aromatic carbocycles. The molecule has 408 valence electrons. The molecule has 1 amide bonds. The van der Waals surface area contributed by atoms with Crippen molar-refractivity contribution in [3.8, 4) is 0 Å². The summed E-state index contributed by atoms with van der Waals surface area (Å²) in [6.45, 7) is 4.08. The first-order valence-corrected chi connectivity index (χ1v) is 30.9. The van der Waals surface area contributed by atoms with E-state index in [9.17, 15) is 25.2 Å². The first-order valence-electron chi connectivity index (χ1n) is 30.9. The van der Waals surface area contributed by atoms with Crippen LogP contribution in [-0.4, -0.2) is 57.3 Å². The van der Waals surface area contributed by atoms with Gasteiger partial charge in [-0.3, -0.25) is 4.79 Å².